The molecule has 0 aliphatic rings. The lowest BCUT2D eigenvalue weighted by Gasteiger charge is -2.12. The van der Waals surface area contributed by atoms with Crippen LogP contribution in [0.1, 0.15) is 15.9 Å². The predicted molar refractivity (Wildman–Crippen MR) is 107 cm³/mol. The van der Waals surface area contributed by atoms with Crippen molar-refractivity contribution in [3.63, 3.8) is 0 Å². The van der Waals surface area contributed by atoms with Gasteiger partial charge in [0, 0.05) is 21.9 Å². The average Bonchev–Trinajstić information content (AvgIpc) is 2.68. The zero-order valence-electron chi connectivity index (χ0n) is 14.6. The van der Waals surface area contributed by atoms with E-state index in [0.717, 1.165) is 4.90 Å². The van der Waals surface area contributed by atoms with Crippen molar-refractivity contribution in [1.29, 1.82) is 0 Å². The van der Waals surface area contributed by atoms with E-state index in [1.165, 1.54) is 21.6 Å². The Hall–Kier alpha value is -2.56. The van der Waals surface area contributed by atoms with Crippen LogP contribution in [0, 0.1) is 6.92 Å². The van der Waals surface area contributed by atoms with E-state index in [-0.39, 0.29) is 19.1 Å². The highest BCUT2D eigenvalue weighted by molar-refractivity contribution is 7.99. The summed E-state index contributed by atoms with van der Waals surface area (Å²) in [6.45, 7) is 2.32. The molecule has 3 aromatic rings. The smallest absolute Gasteiger partial charge is 0.251 e. The maximum Gasteiger partial charge on any atom is 0.251 e. The summed E-state index contributed by atoms with van der Waals surface area (Å²) < 4.78 is 0. The molecule has 3 nitrogen and oxygen atoms in total. The second-order valence-corrected chi connectivity index (χ2v) is 7.03. The number of amides is 1. The minimum atomic E-state index is -0.170. The number of nitrogens with one attached hydrogen (secondary N) is 1. The van der Waals surface area contributed by atoms with Gasteiger partial charge in [-0.2, -0.15) is 0 Å². The fourth-order valence-corrected chi connectivity index (χ4v) is 3.69. The van der Waals surface area contributed by atoms with E-state index in [0.29, 0.717) is 5.56 Å². The molecule has 26 heavy (non-hydrogen) atoms. The molecule has 0 saturated carbocycles. The van der Waals surface area contributed by atoms with Crippen LogP contribution in [0.15, 0.2) is 82.6 Å². The van der Waals surface area contributed by atoms with E-state index in [1.54, 1.807) is 11.8 Å². The molecule has 0 atom stereocenters. The predicted octanol–water partition coefficient (Wildman–Crippen LogP) is 4.54. The number of rotatable bonds is 6. The summed E-state index contributed by atoms with van der Waals surface area (Å²) in [5, 5.41) is 11.5. The number of hydrogen-bond donors (Lipinski definition) is 2. The van der Waals surface area contributed by atoms with Crippen molar-refractivity contribution in [2.24, 2.45) is 0 Å². The molecular weight excluding hydrogens is 342 g/mol. The number of aliphatic hydroxyl groups is 1. The molecule has 4 heteroatoms. The molecule has 2 N–H and O–H groups in total. The Bertz CT molecular complexity index is 891. The van der Waals surface area contributed by atoms with Crippen molar-refractivity contribution < 1.29 is 9.90 Å². The molecule has 1 amide bonds. The third kappa shape index (κ3) is 4.34. The molecule has 132 valence electrons. The molecule has 3 rings (SSSR count). The van der Waals surface area contributed by atoms with Gasteiger partial charge in [-0.1, -0.05) is 54.2 Å². The molecule has 0 aromatic heterocycles. The zero-order chi connectivity index (χ0) is 18.4. The van der Waals surface area contributed by atoms with Gasteiger partial charge in [0.05, 0.1) is 6.61 Å². The second-order valence-electron chi connectivity index (χ2n) is 5.92. The van der Waals surface area contributed by atoms with Crippen LogP contribution in [0.2, 0.25) is 0 Å². The van der Waals surface area contributed by atoms with Crippen LogP contribution in [-0.2, 0) is 0 Å². The van der Waals surface area contributed by atoms with Crippen LogP contribution >= 0.6 is 11.8 Å². The topological polar surface area (TPSA) is 49.3 Å². The molecule has 0 bridgehead atoms. The van der Waals surface area contributed by atoms with Crippen molar-refractivity contribution in [2.45, 2.75) is 16.7 Å². The van der Waals surface area contributed by atoms with Gasteiger partial charge in [-0.25, -0.2) is 0 Å². The largest absolute Gasteiger partial charge is 0.395 e. The molecule has 0 radical (unpaired) electrons. The van der Waals surface area contributed by atoms with Crippen LogP contribution in [0.3, 0.4) is 0 Å². The van der Waals surface area contributed by atoms with Gasteiger partial charge in [0.25, 0.3) is 5.91 Å². The molecule has 0 saturated heterocycles. The SMILES string of the molecule is Cc1ccccc1-c1ccccc1Sc1ccc(C(=O)NCCO)cc1. The Morgan fingerprint density at radius 2 is 1.58 bits per heavy atom. The number of aryl methyl sites for hydroxylation is 1. The van der Waals surface area contributed by atoms with Gasteiger partial charge in [-0.15, -0.1) is 0 Å². The standard InChI is InChI=1S/C22H21NO2S/c1-16-6-2-3-7-19(16)20-8-4-5-9-21(20)26-18-12-10-17(11-13-18)22(25)23-14-15-24/h2-13,24H,14-15H2,1H3,(H,23,25). The first kappa shape index (κ1) is 18.2. The lowest BCUT2D eigenvalue weighted by molar-refractivity contribution is 0.0944. The van der Waals surface area contributed by atoms with Gasteiger partial charge in [-0.05, 0) is 53.9 Å². The van der Waals surface area contributed by atoms with Crippen molar-refractivity contribution in [3.8, 4) is 11.1 Å². The fourth-order valence-electron chi connectivity index (χ4n) is 2.73. The lowest BCUT2D eigenvalue weighted by atomic mass is 10.0. The Labute approximate surface area is 158 Å². The Kier molecular flexibility index (Phi) is 6.10. The minimum absolute atomic E-state index is 0.0602. The van der Waals surface area contributed by atoms with E-state index in [2.05, 4.69) is 54.7 Å². The van der Waals surface area contributed by atoms with E-state index >= 15 is 0 Å². The highest BCUT2D eigenvalue weighted by Gasteiger charge is 2.09. The summed E-state index contributed by atoms with van der Waals surface area (Å²) in [6, 6.07) is 24.3. The maximum atomic E-state index is 11.9. The second kappa shape index (κ2) is 8.70. The first-order valence-electron chi connectivity index (χ1n) is 8.51. The number of carbonyl (C=O) groups is 1. The summed E-state index contributed by atoms with van der Waals surface area (Å²) in [5.41, 5.74) is 4.28. The minimum Gasteiger partial charge on any atom is -0.395 e. The summed E-state index contributed by atoms with van der Waals surface area (Å²) in [7, 11) is 0. The van der Waals surface area contributed by atoms with Gasteiger partial charge in [0.15, 0.2) is 0 Å². The molecule has 3 aromatic carbocycles. The summed E-state index contributed by atoms with van der Waals surface area (Å²) >= 11 is 1.68. The van der Waals surface area contributed by atoms with Crippen LogP contribution in [-0.4, -0.2) is 24.2 Å². The van der Waals surface area contributed by atoms with Gasteiger partial charge < -0.3 is 10.4 Å². The Balaban J connectivity index is 1.82. The van der Waals surface area contributed by atoms with E-state index in [9.17, 15) is 4.79 Å². The van der Waals surface area contributed by atoms with E-state index < -0.39 is 0 Å². The average molecular weight is 363 g/mol. The molecule has 0 spiro atoms. The number of hydrogen-bond acceptors (Lipinski definition) is 3. The molecule has 0 heterocycles. The van der Waals surface area contributed by atoms with Crippen molar-refractivity contribution in [3.05, 3.63) is 83.9 Å². The monoisotopic (exact) mass is 363 g/mol. The molecule has 0 aliphatic carbocycles. The molecule has 0 unspecified atom stereocenters. The van der Waals surface area contributed by atoms with E-state index in [4.69, 9.17) is 5.11 Å². The van der Waals surface area contributed by atoms with Gasteiger partial charge in [0.2, 0.25) is 0 Å². The quantitative estimate of drug-likeness (QED) is 0.676. The number of aliphatic hydroxyl groups excluding tert-OH is 1. The van der Waals surface area contributed by atoms with Crippen LogP contribution in [0.5, 0.6) is 0 Å². The summed E-state index contributed by atoms with van der Waals surface area (Å²) in [5.74, 6) is -0.170. The van der Waals surface area contributed by atoms with Gasteiger partial charge in [0.1, 0.15) is 0 Å². The van der Waals surface area contributed by atoms with Crippen molar-refractivity contribution in [2.75, 3.05) is 13.2 Å². The fraction of sp³-hybridized carbons (Fsp3) is 0.136. The Morgan fingerprint density at radius 1 is 0.923 bits per heavy atom. The lowest BCUT2D eigenvalue weighted by Crippen LogP contribution is -2.26. The van der Waals surface area contributed by atoms with Crippen molar-refractivity contribution >= 4 is 17.7 Å². The first-order valence-corrected chi connectivity index (χ1v) is 9.32. The van der Waals surface area contributed by atoms with Gasteiger partial charge in [-0.3, -0.25) is 4.79 Å². The van der Waals surface area contributed by atoms with E-state index in [1.807, 2.05) is 30.3 Å². The summed E-state index contributed by atoms with van der Waals surface area (Å²) in [4.78, 5) is 14.2. The third-order valence-corrected chi connectivity index (χ3v) is 5.15. The van der Waals surface area contributed by atoms with Crippen LogP contribution < -0.4 is 5.32 Å². The molecule has 0 fully saturated rings. The molecular formula is C22H21NO2S. The highest BCUT2D eigenvalue weighted by Crippen LogP contribution is 2.37. The summed E-state index contributed by atoms with van der Waals surface area (Å²) in [6.07, 6.45) is 0. The third-order valence-electron chi connectivity index (χ3n) is 4.06. The van der Waals surface area contributed by atoms with Crippen molar-refractivity contribution in [1.82, 2.24) is 5.32 Å². The highest BCUT2D eigenvalue weighted by atomic mass is 32.2. The Morgan fingerprint density at radius 3 is 2.27 bits per heavy atom. The van der Waals surface area contributed by atoms with Crippen LogP contribution in [0.25, 0.3) is 11.1 Å². The number of carbonyl (C=O) groups excluding carboxylic acids is 1. The first-order chi connectivity index (χ1) is 12.7. The van der Waals surface area contributed by atoms with Gasteiger partial charge >= 0.3 is 0 Å². The molecule has 0 aliphatic heterocycles. The normalized spacial score (nSPS) is 10.5. The maximum absolute atomic E-state index is 11.9. The number of benzene rings is 3. The zero-order valence-corrected chi connectivity index (χ0v) is 15.4. The van der Waals surface area contributed by atoms with Crippen LogP contribution in [0.4, 0.5) is 0 Å².